The summed E-state index contributed by atoms with van der Waals surface area (Å²) in [6.45, 7) is 4.92. The smallest absolute Gasteiger partial charge is 0.246 e. The summed E-state index contributed by atoms with van der Waals surface area (Å²) >= 11 is 0. The van der Waals surface area contributed by atoms with E-state index in [1.807, 2.05) is 35.2 Å². The molecule has 0 N–H and O–H groups in total. The van der Waals surface area contributed by atoms with Crippen molar-refractivity contribution in [2.75, 3.05) is 63.3 Å². The van der Waals surface area contributed by atoms with Crippen molar-refractivity contribution in [2.24, 2.45) is 0 Å². The molecule has 0 radical (unpaired) electrons. The zero-order valence-electron chi connectivity index (χ0n) is 18.9. The number of carbonyl (C=O) groups excluding carboxylic acids is 1. The van der Waals surface area contributed by atoms with Gasteiger partial charge in [-0.05, 0) is 55.2 Å². The normalized spacial score (nSPS) is 17.0. The van der Waals surface area contributed by atoms with Gasteiger partial charge in [-0.2, -0.15) is 0 Å². The van der Waals surface area contributed by atoms with Gasteiger partial charge in [-0.25, -0.2) is 0 Å². The Balaban J connectivity index is 1.30. The molecule has 2 aromatic rings. The molecule has 8 nitrogen and oxygen atoms in total. The number of rotatable bonds is 6. The highest BCUT2D eigenvalue weighted by molar-refractivity contribution is 5.92. The monoisotopic (exact) mass is 437 g/mol. The van der Waals surface area contributed by atoms with Crippen LogP contribution < -0.4 is 19.3 Å². The number of amides is 1. The van der Waals surface area contributed by atoms with Crippen LogP contribution in [0.4, 0.5) is 11.6 Å². The van der Waals surface area contributed by atoms with Crippen molar-refractivity contribution in [2.45, 2.75) is 19.3 Å². The molecule has 0 saturated carbocycles. The summed E-state index contributed by atoms with van der Waals surface area (Å²) in [6.07, 6.45) is 7.17. The molecule has 1 aromatic carbocycles. The Bertz CT molecular complexity index is 933. The molecule has 4 rings (SSSR count). The van der Waals surface area contributed by atoms with E-state index >= 15 is 0 Å². The SMILES string of the molecule is COc1ccc(/C=C/C(=O)N2CCN(c3ccc(N4CCCCC4)nn3)CC2)cc1OC. The number of carbonyl (C=O) groups is 1. The highest BCUT2D eigenvalue weighted by Gasteiger charge is 2.21. The lowest BCUT2D eigenvalue weighted by atomic mass is 10.1. The summed E-state index contributed by atoms with van der Waals surface area (Å²) in [5.41, 5.74) is 0.888. The number of anilines is 2. The van der Waals surface area contributed by atoms with Gasteiger partial charge in [0, 0.05) is 45.3 Å². The average Bonchev–Trinajstić information content (AvgIpc) is 2.87. The van der Waals surface area contributed by atoms with E-state index in [0.717, 1.165) is 43.4 Å². The molecule has 0 unspecified atom stereocenters. The largest absolute Gasteiger partial charge is 0.493 e. The van der Waals surface area contributed by atoms with E-state index in [2.05, 4.69) is 26.1 Å². The number of benzene rings is 1. The van der Waals surface area contributed by atoms with Gasteiger partial charge in [-0.1, -0.05) is 6.07 Å². The molecule has 8 heteroatoms. The van der Waals surface area contributed by atoms with Crippen molar-refractivity contribution in [1.29, 1.82) is 0 Å². The van der Waals surface area contributed by atoms with E-state index in [4.69, 9.17) is 9.47 Å². The minimum atomic E-state index is 0.00552. The van der Waals surface area contributed by atoms with Gasteiger partial charge in [0.2, 0.25) is 5.91 Å². The van der Waals surface area contributed by atoms with Crippen LogP contribution in [0, 0.1) is 0 Å². The Morgan fingerprint density at radius 1 is 0.812 bits per heavy atom. The number of hydrogen-bond donors (Lipinski definition) is 0. The Labute approximate surface area is 189 Å². The summed E-state index contributed by atoms with van der Waals surface area (Å²) in [5.74, 6) is 3.15. The Hall–Kier alpha value is -3.29. The minimum Gasteiger partial charge on any atom is -0.493 e. The standard InChI is InChI=1S/C24H31N5O3/c1-31-20-8-6-19(18-21(20)32-2)7-11-24(30)29-16-14-28(15-17-29)23-10-9-22(25-26-23)27-12-4-3-5-13-27/h6-11,18H,3-5,12-17H2,1-2H3/b11-7+. The van der Waals surface area contributed by atoms with Crippen molar-refractivity contribution in [3.05, 3.63) is 42.0 Å². The van der Waals surface area contributed by atoms with Crippen molar-refractivity contribution in [3.8, 4) is 11.5 Å². The van der Waals surface area contributed by atoms with Crippen molar-refractivity contribution in [3.63, 3.8) is 0 Å². The van der Waals surface area contributed by atoms with Gasteiger partial charge < -0.3 is 24.2 Å². The molecule has 1 aromatic heterocycles. The second-order valence-corrected chi connectivity index (χ2v) is 8.06. The fourth-order valence-electron chi connectivity index (χ4n) is 4.16. The van der Waals surface area contributed by atoms with Crippen molar-refractivity contribution >= 4 is 23.6 Å². The first-order chi connectivity index (χ1) is 15.7. The molecular weight excluding hydrogens is 406 g/mol. The Morgan fingerprint density at radius 2 is 1.44 bits per heavy atom. The lowest BCUT2D eigenvalue weighted by Crippen LogP contribution is -2.48. The number of nitrogens with zero attached hydrogens (tertiary/aromatic N) is 5. The summed E-state index contributed by atoms with van der Waals surface area (Å²) in [6, 6.07) is 9.70. The van der Waals surface area contributed by atoms with Gasteiger partial charge in [0.05, 0.1) is 14.2 Å². The number of piperazine rings is 1. The number of aromatic nitrogens is 2. The fourth-order valence-corrected chi connectivity index (χ4v) is 4.16. The maximum Gasteiger partial charge on any atom is 0.246 e. The van der Waals surface area contributed by atoms with Gasteiger partial charge >= 0.3 is 0 Å². The van der Waals surface area contributed by atoms with Crippen molar-refractivity contribution in [1.82, 2.24) is 15.1 Å². The third kappa shape index (κ3) is 5.12. The Morgan fingerprint density at radius 3 is 2.03 bits per heavy atom. The van der Waals surface area contributed by atoms with Crippen LogP contribution in [0.3, 0.4) is 0 Å². The number of ether oxygens (including phenoxy) is 2. The summed E-state index contributed by atoms with van der Waals surface area (Å²) < 4.78 is 10.6. The van der Waals surface area contributed by atoms with Gasteiger partial charge in [0.1, 0.15) is 0 Å². The second kappa shape index (κ2) is 10.3. The minimum absolute atomic E-state index is 0.00552. The van der Waals surface area contributed by atoms with Crippen LogP contribution in [0.2, 0.25) is 0 Å². The lowest BCUT2D eigenvalue weighted by molar-refractivity contribution is -0.126. The molecule has 1 amide bonds. The van der Waals surface area contributed by atoms with Crippen LogP contribution in [0.5, 0.6) is 11.5 Å². The van der Waals surface area contributed by atoms with E-state index in [1.165, 1.54) is 19.3 Å². The molecule has 2 aliphatic rings. The molecular formula is C24H31N5O3. The first-order valence-electron chi connectivity index (χ1n) is 11.2. The number of hydrogen-bond acceptors (Lipinski definition) is 7. The predicted molar refractivity (Wildman–Crippen MR) is 125 cm³/mol. The van der Waals surface area contributed by atoms with Gasteiger partial charge in [0.25, 0.3) is 0 Å². The van der Waals surface area contributed by atoms with E-state index < -0.39 is 0 Å². The van der Waals surface area contributed by atoms with Crippen molar-refractivity contribution < 1.29 is 14.3 Å². The molecule has 32 heavy (non-hydrogen) atoms. The molecule has 170 valence electrons. The fraction of sp³-hybridized carbons (Fsp3) is 0.458. The van der Waals surface area contributed by atoms with Gasteiger partial charge in [0.15, 0.2) is 23.1 Å². The van der Waals surface area contributed by atoms with E-state index in [0.29, 0.717) is 24.6 Å². The molecule has 0 spiro atoms. The zero-order valence-corrected chi connectivity index (χ0v) is 18.9. The molecule has 2 fully saturated rings. The molecule has 2 saturated heterocycles. The highest BCUT2D eigenvalue weighted by atomic mass is 16.5. The first-order valence-corrected chi connectivity index (χ1v) is 11.2. The third-order valence-corrected chi connectivity index (χ3v) is 6.06. The molecule has 2 aliphatic heterocycles. The lowest BCUT2D eigenvalue weighted by Gasteiger charge is -2.35. The van der Waals surface area contributed by atoms with E-state index in [1.54, 1.807) is 20.3 Å². The van der Waals surface area contributed by atoms with Crippen LogP contribution in [-0.4, -0.2) is 74.5 Å². The van der Waals surface area contributed by atoms with E-state index in [-0.39, 0.29) is 5.91 Å². The van der Waals surface area contributed by atoms with Gasteiger partial charge in [-0.3, -0.25) is 4.79 Å². The highest BCUT2D eigenvalue weighted by Crippen LogP contribution is 2.28. The maximum atomic E-state index is 12.6. The quantitative estimate of drug-likeness (QED) is 0.644. The van der Waals surface area contributed by atoms with E-state index in [9.17, 15) is 4.79 Å². The second-order valence-electron chi connectivity index (χ2n) is 8.06. The molecule has 3 heterocycles. The van der Waals surface area contributed by atoms with Crippen LogP contribution >= 0.6 is 0 Å². The number of methoxy groups -OCH3 is 2. The maximum absolute atomic E-state index is 12.6. The van der Waals surface area contributed by atoms with Crippen LogP contribution in [0.25, 0.3) is 6.08 Å². The first kappa shape index (κ1) is 21.9. The Kier molecular flexibility index (Phi) is 7.09. The average molecular weight is 438 g/mol. The summed E-state index contributed by atoms with van der Waals surface area (Å²) in [5, 5.41) is 8.89. The third-order valence-electron chi connectivity index (χ3n) is 6.06. The van der Waals surface area contributed by atoms with Crippen LogP contribution in [0.1, 0.15) is 24.8 Å². The van der Waals surface area contributed by atoms with Gasteiger partial charge in [-0.15, -0.1) is 10.2 Å². The van der Waals surface area contributed by atoms with Crippen LogP contribution in [0.15, 0.2) is 36.4 Å². The molecule has 0 atom stereocenters. The number of piperidine rings is 1. The summed E-state index contributed by atoms with van der Waals surface area (Å²) in [4.78, 5) is 19.0. The topological polar surface area (TPSA) is 71.0 Å². The summed E-state index contributed by atoms with van der Waals surface area (Å²) in [7, 11) is 3.20. The predicted octanol–water partition coefficient (Wildman–Crippen LogP) is 2.85. The molecule has 0 aliphatic carbocycles. The molecule has 0 bridgehead atoms. The zero-order chi connectivity index (χ0) is 22.3. The van der Waals surface area contributed by atoms with Crippen LogP contribution in [-0.2, 0) is 4.79 Å².